The second-order valence-electron chi connectivity index (χ2n) is 6.17. The van der Waals surface area contributed by atoms with Crippen LogP contribution in [0.2, 0.25) is 0 Å². The molecule has 0 spiro atoms. The Labute approximate surface area is 122 Å². The van der Waals surface area contributed by atoms with Gasteiger partial charge in [-0.25, -0.2) is 4.98 Å². The van der Waals surface area contributed by atoms with Gasteiger partial charge in [-0.1, -0.05) is 34.6 Å². The highest BCUT2D eigenvalue weighted by atomic mass is 32.1. The summed E-state index contributed by atoms with van der Waals surface area (Å²) in [5, 5.41) is 4.57. The monoisotopic (exact) mass is 283 g/mol. The number of anilines is 1. The second-order valence-corrected chi connectivity index (χ2v) is 7.23. The molecule has 0 bridgehead atoms. The van der Waals surface area contributed by atoms with Gasteiger partial charge >= 0.3 is 0 Å². The molecule has 3 nitrogen and oxygen atoms in total. The average Bonchev–Trinajstić information content (AvgIpc) is 2.78. The van der Waals surface area contributed by atoms with Crippen LogP contribution in [0.25, 0.3) is 0 Å². The van der Waals surface area contributed by atoms with Crippen LogP contribution in [-0.4, -0.2) is 24.6 Å². The van der Waals surface area contributed by atoms with Crippen molar-refractivity contribution in [3.8, 4) is 0 Å². The predicted molar refractivity (Wildman–Crippen MR) is 86.4 cm³/mol. The van der Waals surface area contributed by atoms with Gasteiger partial charge in [-0.2, -0.15) is 0 Å². The van der Waals surface area contributed by atoms with Crippen molar-refractivity contribution in [3.63, 3.8) is 0 Å². The molecular weight excluding hydrogens is 254 g/mol. The number of hydrogen-bond donors (Lipinski definition) is 1. The van der Waals surface area contributed by atoms with Crippen molar-refractivity contribution in [2.45, 2.75) is 66.0 Å². The highest BCUT2D eigenvalue weighted by Gasteiger charge is 2.24. The quantitative estimate of drug-likeness (QED) is 0.861. The van der Waals surface area contributed by atoms with Crippen molar-refractivity contribution in [3.05, 3.63) is 10.6 Å². The summed E-state index contributed by atoms with van der Waals surface area (Å²) in [6.07, 6.45) is 1.14. The van der Waals surface area contributed by atoms with E-state index in [4.69, 9.17) is 4.98 Å². The Kier molecular flexibility index (Phi) is 5.81. The topological polar surface area (TPSA) is 28.2 Å². The fourth-order valence-corrected chi connectivity index (χ4v) is 3.20. The molecule has 0 amide bonds. The molecule has 0 radical (unpaired) electrons. The van der Waals surface area contributed by atoms with Crippen LogP contribution >= 0.6 is 11.3 Å². The Balaban J connectivity index is 3.06. The highest BCUT2D eigenvalue weighted by molar-refractivity contribution is 7.15. The highest BCUT2D eigenvalue weighted by Crippen LogP contribution is 2.34. The number of thiazole rings is 1. The zero-order valence-corrected chi connectivity index (χ0v) is 14.3. The minimum absolute atomic E-state index is 0.107. The summed E-state index contributed by atoms with van der Waals surface area (Å²) in [5.41, 5.74) is 1.35. The van der Waals surface area contributed by atoms with E-state index < -0.39 is 0 Å². The van der Waals surface area contributed by atoms with E-state index in [1.165, 1.54) is 10.6 Å². The zero-order valence-electron chi connectivity index (χ0n) is 13.5. The number of nitrogens with zero attached hydrogens (tertiary/aromatic N) is 2. The summed E-state index contributed by atoms with van der Waals surface area (Å²) in [5.74, 6) is 0. The first-order chi connectivity index (χ1) is 8.81. The summed E-state index contributed by atoms with van der Waals surface area (Å²) in [7, 11) is 2.15. The van der Waals surface area contributed by atoms with Gasteiger partial charge in [0.15, 0.2) is 5.13 Å². The molecule has 0 saturated carbocycles. The molecule has 0 saturated heterocycles. The molecule has 0 fully saturated rings. The molecule has 1 rings (SSSR count). The van der Waals surface area contributed by atoms with Crippen molar-refractivity contribution in [1.82, 2.24) is 10.3 Å². The maximum Gasteiger partial charge on any atom is 0.185 e. The molecule has 1 heterocycles. The molecule has 1 unspecified atom stereocenters. The molecule has 1 N–H and O–H groups in total. The van der Waals surface area contributed by atoms with E-state index in [1.807, 2.05) is 11.3 Å². The first kappa shape index (κ1) is 16.4. The minimum Gasteiger partial charge on any atom is -0.348 e. The molecule has 110 valence electrons. The summed E-state index contributed by atoms with van der Waals surface area (Å²) in [6.45, 7) is 15.3. The lowest BCUT2D eigenvalue weighted by Crippen LogP contribution is -2.28. The van der Waals surface area contributed by atoms with Crippen molar-refractivity contribution < 1.29 is 0 Å². The summed E-state index contributed by atoms with van der Waals surface area (Å²) >= 11 is 1.83. The molecule has 19 heavy (non-hydrogen) atoms. The molecule has 4 heteroatoms. The van der Waals surface area contributed by atoms with Gasteiger partial charge in [0.2, 0.25) is 0 Å². The molecule has 1 atom stereocenters. The number of aromatic nitrogens is 1. The smallest absolute Gasteiger partial charge is 0.185 e. The van der Waals surface area contributed by atoms with Crippen LogP contribution in [0.5, 0.6) is 0 Å². The lowest BCUT2D eigenvalue weighted by Gasteiger charge is -2.23. The first-order valence-electron chi connectivity index (χ1n) is 7.24. The SMILES string of the molecule is CCNCc1sc(N(C)C(C)CC)nc1C(C)(C)C. The largest absolute Gasteiger partial charge is 0.348 e. The van der Waals surface area contributed by atoms with Crippen molar-refractivity contribution >= 4 is 16.5 Å². The van der Waals surface area contributed by atoms with Crippen molar-refractivity contribution in [1.29, 1.82) is 0 Å². The first-order valence-corrected chi connectivity index (χ1v) is 8.06. The molecule has 1 aromatic heterocycles. The Hall–Kier alpha value is -0.610. The van der Waals surface area contributed by atoms with Crippen LogP contribution in [-0.2, 0) is 12.0 Å². The normalized spacial score (nSPS) is 13.6. The fraction of sp³-hybridized carbons (Fsp3) is 0.800. The van der Waals surface area contributed by atoms with E-state index in [-0.39, 0.29) is 5.41 Å². The average molecular weight is 283 g/mol. The predicted octanol–water partition coefficient (Wildman–Crippen LogP) is 3.78. The summed E-state index contributed by atoms with van der Waals surface area (Å²) < 4.78 is 0. The molecule has 1 aromatic rings. The standard InChI is InChI=1S/C15H29N3S/c1-8-11(3)18(7)14-17-13(15(4,5)6)12(19-14)10-16-9-2/h11,16H,8-10H2,1-7H3. The van der Waals surface area contributed by atoms with Gasteiger partial charge in [0.1, 0.15) is 0 Å². The number of rotatable bonds is 6. The maximum absolute atomic E-state index is 4.91. The molecule has 0 aliphatic carbocycles. The lowest BCUT2D eigenvalue weighted by molar-refractivity contribution is 0.559. The van der Waals surface area contributed by atoms with E-state index in [0.29, 0.717) is 6.04 Å². The van der Waals surface area contributed by atoms with Crippen LogP contribution in [0, 0.1) is 0 Å². The minimum atomic E-state index is 0.107. The van der Waals surface area contributed by atoms with Crippen molar-refractivity contribution in [2.75, 3.05) is 18.5 Å². The van der Waals surface area contributed by atoms with Gasteiger partial charge in [-0.15, -0.1) is 11.3 Å². The molecule has 0 aliphatic rings. The Morgan fingerprint density at radius 1 is 1.32 bits per heavy atom. The van der Waals surface area contributed by atoms with Gasteiger partial charge in [0, 0.05) is 29.9 Å². The Morgan fingerprint density at radius 2 is 1.95 bits per heavy atom. The molecule has 0 aliphatic heterocycles. The van der Waals surface area contributed by atoms with Crippen molar-refractivity contribution in [2.24, 2.45) is 0 Å². The Bertz CT molecular complexity index is 393. The zero-order chi connectivity index (χ0) is 14.6. The van der Waals surface area contributed by atoms with E-state index in [1.54, 1.807) is 0 Å². The number of nitrogens with one attached hydrogen (secondary N) is 1. The Morgan fingerprint density at radius 3 is 2.42 bits per heavy atom. The van der Waals surface area contributed by atoms with Gasteiger partial charge in [-0.05, 0) is 19.9 Å². The van der Waals surface area contributed by atoms with E-state index in [9.17, 15) is 0 Å². The van der Waals surface area contributed by atoms with E-state index in [2.05, 4.69) is 58.8 Å². The van der Waals surface area contributed by atoms with E-state index in [0.717, 1.165) is 24.6 Å². The van der Waals surface area contributed by atoms with Crippen LogP contribution in [0.4, 0.5) is 5.13 Å². The van der Waals surface area contributed by atoms with Crippen LogP contribution in [0.3, 0.4) is 0 Å². The van der Waals surface area contributed by atoms with Gasteiger partial charge in [0.25, 0.3) is 0 Å². The third-order valence-electron chi connectivity index (χ3n) is 3.49. The molecule has 0 aromatic carbocycles. The van der Waals surface area contributed by atoms with E-state index >= 15 is 0 Å². The van der Waals surface area contributed by atoms with Crippen LogP contribution in [0.1, 0.15) is 58.5 Å². The maximum atomic E-state index is 4.91. The van der Waals surface area contributed by atoms with Gasteiger partial charge < -0.3 is 10.2 Å². The second kappa shape index (κ2) is 6.71. The third kappa shape index (κ3) is 4.18. The van der Waals surface area contributed by atoms with Crippen LogP contribution < -0.4 is 10.2 Å². The lowest BCUT2D eigenvalue weighted by atomic mass is 9.91. The molecular formula is C15H29N3S. The number of hydrogen-bond acceptors (Lipinski definition) is 4. The van der Waals surface area contributed by atoms with Gasteiger partial charge in [0.05, 0.1) is 5.69 Å². The van der Waals surface area contributed by atoms with Gasteiger partial charge in [-0.3, -0.25) is 0 Å². The summed E-state index contributed by atoms with van der Waals surface area (Å²) in [4.78, 5) is 8.58. The van der Waals surface area contributed by atoms with Crippen LogP contribution in [0.15, 0.2) is 0 Å². The fourth-order valence-electron chi connectivity index (χ4n) is 1.90. The summed E-state index contributed by atoms with van der Waals surface area (Å²) in [6, 6.07) is 0.533. The third-order valence-corrected chi connectivity index (χ3v) is 4.63.